The molecule has 0 unspecified atom stereocenters. The van der Waals surface area contributed by atoms with Crippen molar-refractivity contribution >= 4 is 43.6 Å². The minimum atomic E-state index is 0.554. The molecule has 0 N–H and O–H groups in total. The van der Waals surface area contributed by atoms with Gasteiger partial charge in [-0.2, -0.15) is 9.97 Å². The molecule has 9 aromatic carbocycles. The lowest BCUT2D eigenvalue weighted by molar-refractivity contribution is 0.951. The summed E-state index contributed by atoms with van der Waals surface area (Å²) in [5.41, 5.74) is 14.1. The molecule has 62 heavy (non-hydrogen) atoms. The third-order valence-electron chi connectivity index (χ3n) is 12.0. The Kier molecular flexibility index (Phi) is 8.42. The molecule has 0 fully saturated rings. The zero-order chi connectivity index (χ0) is 41.0. The Morgan fingerprint density at radius 2 is 0.661 bits per heavy atom. The third-order valence-corrected chi connectivity index (χ3v) is 12.0. The van der Waals surface area contributed by atoms with Crippen LogP contribution in [-0.2, 0) is 0 Å². The standard InChI is InChI=1S/C57H37N5/c1-5-17-38(18-6-1)42-29-32-52-47(35-42)45-25-13-15-27-50(45)61(52)51-28-16-14-26-46(51)56-58-55(41-23-11-4-12-24-41)59-57(60-56)62-53-33-30-43(39-19-7-2-8-20-39)36-48(53)49-37-44(31-34-54(49)62)40-21-9-3-10-22-40/h1-37H. The average molecular weight is 792 g/mol. The van der Waals surface area contributed by atoms with Crippen LogP contribution in [-0.4, -0.2) is 24.1 Å². The fourth-order valence-electron chi connectivity index (χ4n) is 9.06. The maximum absolute atomic E-state index is 5.44. The fourth-order valence-corrected chi connectivity index (χ4v) is 9.06. The molecule has 3 aromatic heterocycles. The van der Waals surface area contributed by atoms with Crippen molar-refractivity contribution < 1.29 is 0 Å². The molecule has 5 nitrogen and oxygen atoms in total. The van der Waals surface area contributed by atoms with Crippen LogP contribution in [0, 0.1) is 0 Å². The van der Waals surface area contributed by atoms with Gasteiger partial charge in [-0.15, -0.1) is 0 Å². The lowest BCUT2D eigenvalue weighted by atomic mass is 10.0. The van der Waals surface area contributed by atoms with Gasteiger partial charge in [-0.05, 0) is 88.0 Å². The van der Waals surface area contributed by atoms with Gasteiger partial charge in [0, 0.05) is 32.7 Å². The summed E-state index contributed by atoms with van der Waals surface area (Å²) in [4.78, 5) is 16.0. The van der Waals surface area contributed by atoms with Gasteiger partial charge in [-0.3, -0.25) is 4.57 Å². The molecule has 0 atom stereocenters. The number of hydrogen-bond donors (Lipinski definition) is 0. The molecule has 290 valence electrons. The van der Waals surface area contributed by atoms with Crippen LogP contribution < -0.4 is 0 Å². The van der Waals surface area contributed by atoms with Gasteiger partial charge in [0.25, 0.3) is 0 Å². The van der Waals surface area contributed by atoms with Crippen LogP contribution in [0.25, 0.3) is 111 Å². The molecule has 0 bridgehead atoms. The Balaban J connectivity index is 1.11. The molecule has 0 spiro atoms. The van der Waals surface area contributed by atoms with Crippen molar-refractivity contribution in [1.29, 1.82) is 0 Å². The maximum atomic E-state index is 5.44. The first-order valence-electron chi connectivity index (χ1n) is 20.9. The van der Waals surface area contributed by atoms with Crippen molar-refractivity contribution in [2.75, 3.05) is 0 Å². The number of hydrogen-bond acceptors (Lipinski definition) is 3. The lowest BCUT2D eigenvalue weighted by Gasteiger charge is -2.15. The summed E-state index contributed by atoms with van der Waals surface area (Å²) in [6.07, 6.45) is 0. The summed E-state index contributed by atoms with van der Waals surface area (Å²) in [6, 6.07) is 79.3. The number of nitrogens with zero attached hydrogens (tertiary/aromatic N) is 5. The van der Waals surface area contributed by atoms with Crippen LogP contribution in [0.5, 0.6) is 0 Å². The van der Waals surface area contributed by atoms with E-state index >= 15 is 0 Å². The number of fused-ring (bicyclic) bond motifs is 6. The summed E-state index contributed by atoms with van der Waals surface area (Å²) >= 11 is 0. The second-order valence-electron chi connectivity index (χ2n) is 15.6. The predicted octanol–water partition coefficient (Wildman–Crippen LogP) is 14.4. The minimum absolute atomic E-state index is 0.554. The molecule has 0 saturated carbocycles. The van der Waals surface area contributed by atoms with Crippen LogP contribution in [0.3, 0.4) is 0 Å². The summed E-state index contributed by atoms with van der Waals surface area (Å²) in [6.45, 7) is 0. The molecule has 5 heteroatoms. The molecule has 12 aromatic rings. The van der Waals surface area contributed by atoms with E-state index in [1.807, 2.05) is 18.2 Å². The molecule has 0 aliphatic carbocycles. The second-order valence-corrected chi connectivity index (χ2v) is 15.6. The Morgan fingerprint density at radius 3 is 1.21 bits per heavy atom. The highest BCUT2D eigenvalue weighted by Crippen LogP contribution is 2.40. The maximum Gasteiger partial charge on any atom is 0.238 e. The molecule has 0 saturated heterocycles. The van der Waals surface area contributed by atoms with Crippen LogP contribution >= 0.6 is 0 Å². The van der Waals surface area contributed by atoms with E-state index < -0.39 is 0 Å². The van der Waals surface area contributed by atoms with Gasteiger partial charge in [0.05, 0.1) is 27.8 Å². The van der Waals surface area contributed by atoms with E-state index in [0.717, 1.165) is 60.8 Å². The van der Waals surface area contributed by atoms with E-state index in [4.69, 9.17) is 15.0 Å². The number of benzene rings is 9. The molecular weight excluding hydrogens is 755 g/mol. The number of rotatable bonds is 7. The van der Waals surface area contributed by atoms with Crippen molar-refractivity contribution in [3.8, 4) is 67.8 Å². The van der Waals surface area contributed by atoms with Gasteiger partial charge >= 0.3 is 0 Å². The van der Waals surface area contributed by atoms with Gasteiger partial charge in [-0.1, -0.05) is 170 Å². The Labute approximate surface area is 358 Å². The van der Waals surface area contributed by atoms with Gasteiger partial charge in [0.2, 0.25) is 5.95 Å². The third kappa shape index (κ3) is 5.98. The van der Waals surface area contributed by atoms with Crippen molar-refractivity contribution in [2.45, 2.75) is 0 Å². The van der Waals surface area contributed by atoms with E-state index in [-0.39, 0.29) is 0 Å². The second kappa shape index (κ2) is 14.7. The average Bonchev–Trinajstić information content (AvgIpc) is 3.86. The van der Waals surface area contributed by atoms with E-state index in [9.17, 15) is 0 Å². The lowest BCUT2D eigenvalue weighted by Crippen LogP contribution is -2.07. The first-order chi connectivity index (χ1) is 30.7. The minimum Gasteiger partial charge on any atom is -0.309 e. The Morgan fingerprint density at radius 1 is 0.258 bits per heavy atom. The number of para-hydroxylation sites is 2. The monoisotopic (exact) mass is 791 g/mol. The summed E-state index contributed by atoms with van der Waals surface area (Å²) < 4.78 is 4.57. The zero-order valence-corrected chi connectivity index (χ0v) is 33.6. The molecule has 3 heterocycles. The first kappa shape index (κ1) is 35.5. The topological polar surface area (TPSA) is 48.5 Å². The van der Waals surface area contributed by atoms with Crippen LogP contribution in [0.2, 0.25) is 0 Å². The van der Waals surface area contributed by atoms with Crippen molar-refractivity contribution in [3.63, 3.8) is 0 Å². The van der Waals surface area contributed by atoms with Crippen molar-refractivity contribution in [1.82, 2.24) is 24.1 Å². The van der Waals surface area contributed by atoms with E-state index in [1.54, 1.807) is 0 Å². The Bertz CT molecular complexity index is 3510. The molecule has 0 amide bonds. The van der Waals surface area contributed by atoms with E-state index in [2.05, 4.69) is 215 Å². The van der Waals surface area contributed by atoms with Crippen LogP contribution in [0.4, 0.5) is 0 Å². The van der Waals surface area contributed by atoms with Gasteiger partial charge < -0.3 is 4.57 Å². The largest absolute Gasteiger partial charge is 0.309 e. The van der Waals surface area contributed by atoms with Crippen molar-refractivity contribution in [3.05, 3.63) is 224 Å². The molecule has 0 radical (unpaired) electrons. The van der Waals surface area contributed by atoms with Gasteiger partial charge in [-0.25, -0.2) is 4.98 Å². The van der Waals surface area contributed by atoms with Gasteiger partial charge in [0.15, 0.2) is 11.6 Å². The molecule has 0 aliphatic rings. The summed E-state index contributed by atoms with van der Waals surface area (Å²) in [5.74, 6) is 1.75. The summed E-state index contributed by atoms with van der Waals surface area (Å²) in [5, 5.41) is 4.63. The highest BCUT2D eigenvalue weighted by Gasteiger charge is 2.22. The first-order valence-corrected chi connectivity index (χ1v) is 20.9. The smallest absolute Gasteiger partial charge is 0.238 e. The molecule has 0 aliphatic heterocycles. The van der Waals surface area contributed by atoms with Crippen molar-refractivity contribution in [2.24, 2.45) is 0 Å². The zero-order valence-electron chi connectivity index (χ0n) is 33.6. The highest BCUT2D eigenvalue weighted by molar-refractivity contribution is 6.12. The van der Waals surface area contributed by atoms with Crippen LogP contribution in [0.15, 0.2) is 224 Å². The predicted molar refractivity (Wildman–Crippen MR) is 256 cm³/mol. The Hall–Kier alpha value is -8.41. The number of aromatic nitrogens is 5. The van der Waals surface area contributed by atoms with Gasteiger partial charge in [0.1, 0.15) is 0 Å². The SMILES string of the molecule is c1ccc(-c2ccc3c(c2)c2cc(-c4ccccc4)ccc2n3-c2nc(-c3ccccc3)nc(-c3ccccc3-n3c4ccccc4c4cc(-c5ccccc5)ccc43)n2)cc1. The van der Waals surface area contributed by atoms with E-state index in [1.165, 1.54) is 33.0 Å². The highest BCUT2D eigenvalue weighted by atomic mass is 15.2. The summed E-state index contributed by atoms with van der Waals surface area (Å²) in [7, 11) is 0. The normalized spacial score (nSPS) is 11.5. The van der Waals surface area contributed by atoms with Crippen LogP contribution in [0.1, 0.15) is 0 Å². The van der Waals surface area contributed by atoms with E-state index in [0.29, 0.717) is 17.6 Å². The molecular formula is C57H37N5. The quantitative estimate of drug-likeness (QED) is 0.162. The fraction of sp³-hybridized carbons (Fsp3) is 0. The molecule has 12 rings (SSSR count).